The predicted octanol–water partition coefficient (Wildman–Crippen LogP) is 3.76. The molecule has 1 saturated heterocycles. The number of anilines is 2. The number of carbonyl (C=O) groups excluding carboxylic acids is 1. The molecule has 1 aliphatic heterocycles. The number of urea groups is 1. The van der Waals surface area contributed by atoms with Gasteiger partial charge in [-0.3, -0.25) is 4.40 Å². The Bertz CT molecular complexity index is 1010. The Balaban J connectivity index is 1.60. The second-order valence-corrected chi connectivity index (χ2v) is 7.48. The van der Waals surface area contributed by atoms with Gasteiger partial charge in [-0.2, -0.15) is 0 Å². The van der Waals surface area contributed by atoms with Gasteiger partial charge in [0, 0.05) is 48.8 Å². The third kappa shape index (κ3) is 4.19. The highest BCUT2D eigenvalue weighted by atomic mass is 16.5. The van der Waals surface area contributed by atoms with Gasteiger partial charge in [0.2, 0.25) is 0 Å². The van der Waals surface area contributed by atoms with Gasteiger partial charge in [-0.15, -0.1) is 0 Å². The maximum atomic E-state index is 11.8. The number of imidazole rings is 1. The van der Waals surface area contributed by atoms with E-state index in [2.05, 4.69) is 57.1 Å². The van der Waals surface area contributed by atoms with Gasteiger partial charge in [-0.05, 0) is 39.0 Å². The molecule has 4 rings (SSSR count). The van der Waals surface area contributed by atoms with Gasteiger partial charge in [0.25, 0.3) is 0 Å². The number of hydrogen-bond acceptors (Lipinski definition) is 4. The van der Waals surface area contributed by atoms with Gasteiger partial charge in [-0.1, -0.05) is 12.1 Å². The molecule has 2 aromatic heterocycles. The van der Waals surface area contributed by atoms with E-state index in [1.54, 1.807) is 0 Å². The molecule has 0 saturated carbocycles. The number of ether oxygens (including phenoxy) is 1. The van der Waals surface area contributed by atoms with Crippen molar-refractivity contribution >= 4 is 23.1 Å². The molecule has 1 aromatic carbocycles. The molecule has 152 valence electrons. The summed E-state index contributed by atoms with van der Waals surface area (Å²) >= 11 is 0. The van der Waals surface area contributed by atoms with Crippen LogP contribution in [0.1, 0.15) is 20.8 Å². The molecular formula is C22H27N5O2. The molecule has 2 atom stereocenters. The molecule has 0 bridgehead atoms. The van der Waals surface area contributed by atoms with Gasteiger partial charge in [-0.25, -0.2) is 9.78 Å². The first-order valence-electron chi connectivity index (χ1n) is 10.1. The summed E-state index contributed by atoms with van der Waals surface area (Å²) in [4.78, 5) is 18.8. The molecule has 0 aliphatic carbocycles. The molecule has 0 unspecified atom stereocenters. The van der Waals surface area contributed by atoms with E-state index in [4.69, 9.17) is 4.74 Å². The highest BCUT2D eigenvalue weighted by Gasteiger charge is 2.22. The lowest BCUT2D eigenvalue weighted by Crippen LogP contribution is -2.45. The summed E-state index contributed by atoms with van der Waals surface area (Å²) in [6, 6.07) is 11.8. The topological polar surface area (TPSA) is 70.9 Å². The lowest BCUT2D eigenvalue weighted by atomic mass is 10.1. The van der Waals surface area contributed by atoms with Crippen molar-refractivity contribution in [3.63, 3.8) is 0 Å². The highest BCUT2D eigenvalue weighted by Crippen LogP contribution is 2.27. The van der Waals surface area contributed by atoms with E-state index in [9.17, 15) is 4.79 Å². The number of amides is 2. The number of nitrogens with one attached hydrogen (secondary N) is 2. The Morgan fingerprint density at radius 3 is 2.76 bits per heavy atom. The molecule has 2 amide bonds. The Hall–Kier alpha value is -3.06. The summed E-state index contributed by atoms with van der Waals surface area (Å²) in [5.41, 5.74) is 4.77. The number of morpholine rings is 1. The van der Waals surface area contributed by atoms with E-state index < -0.39 is 0 Å². The number of hydrogen-bond donors (Lipinski definition) is 2. The highest BCUT2D eigenvalue weighted by molar-refractivity contribution is 5.90. The third-order valence-electron chi connectivity index (χ3n) is 5.04. The number of carbonyl (C=O) groups is 1. The summed E-state index contributed by atoms with van der Waals surface area (Å²) < 4.78 is 7.92. The average Bonchev–Trinajstić information content (AvgIpc) is 3.11. The van der Waals surface area contributed by atoms with E-state index >= 15 is 0 Å². The van der Waals surface area contributed by atoms with Gasteiger partial charge in [0.15, 0.2) is 0 Å². The van der Waals surface area contributed by atoms with Crippen LogP contribution in [0, 0.1) is 0 Å². The molecule has 0 spiro atoms. The number of benzene rings is 1. The van der Waals surface area contributed by atoms with Crippen LogP contribution in [0.4, 0.5) is 16.2 Å². The Morgan fingerprint density at radius 1 is 1.21 bits per heavy atom. The average molecular weight is 393 g/mol. The normalized spacial score (nSPS) is 19.3. The van der Waals surface area contributed by atoms with Crippen LogP contribution in [-0.4, -0.2) is 47.3 Å². The SMILES string of the molecule is CCNC(=O)Nc1cccc(-c2cnc3cc(N4C[C@@H](C)O[C@@H](C)C4)ccn23)c1. The van der Waals surface area contributed by atoms with E-state index in [1.807, 2.05) is 37.4 Å². The first-order chi connectivity index (χ1) is 14.0. The fourth-order valence-corrected chi connectivity index (χ4v) is 3.86. The van der Waals surface area contributed by atoms with Crippen molar-refractivity contribution in [1.29, 1.82) is 0 Å². The van der Waals surface area contributed by atoms with E-state index in [-0.39, 0.29) is 18.2 Å². The second-order valence-electron chi connectivity index (χ2n) is 7.48. The maximum absolute atomic E-state index is 11.8. The van der Waals surface area contributed by atoms with Crippen molar-refractivity contribution in [2.24, 2.45) is 0 Å². The zero-order valence-electron chi connectivity index (χ0n) is 17.1. The van der Waals surface area contributed by atoms with Crippen LogP contribution in [0.25, 0.3) is 16.9 Å². The van der Waals surface area contributed by atoms with Gasteiger partial charge in [0.05, 0.1) is 24.1 Å². The smallest absolute Gasteiger partial charge is 0.319 e. The lowest BCUT2D eigenvalue weighted by Gasteiger charge is -2.36. The number of pyridine rings is 1. The van der Waals surface area contributed by atoms with Crippen LogP contribution in [-0.2, 0) is 4.74 Å². The van der Waals surface area contributed by atoms with E-state index in [0.717, 1.165) is 41.4 Å². The quantitative estimate of drug-likeness (QED) is 0.708. The predicted molar refractivity (Wildman–Crippen MR) is 116 cm³/mol. The maximum Gasteiger partial charge on any atom is 0.319 e. The Kier molecular flexibility index (Phi) is 5.40. The number of nitrogens with zero attached hydrogens (tertiary/aromatic N) is 3. The summed E-state index contributed by atoms with van der Waals surface area (Å²) in [5.74, 6) is 0. The Labute approximate surface area is 170 Å². The monoisotopic (exact) mass is 393 g/mol. The van der Waals surface area contributed by atoms with Crippen molar-refractivity contribution in [1.82, 2.24) is 14.7 Å². The number of fused-ring (bicyclic) bond motifs is 1. The van der Waals surface area contributed by atoms with Crippen molar-refractivity contribution in [2.75, 3.05) is 29.9 Å². The molecule has 7 heteroatoms. The molecule has 3 heterocycles. The summed E-state index contributed by atoms with van der Waals surface area (Å²) in [7, 11) is 0. The first-order valence-corrected chi connectivity index (χ1v) is 10.1. The standard InChI is InChI=1S/C22H27N5O2/c1-4-23-22(28)25-18-7-5-6-17(10-18)20-12-24-21-11-19(8-9-27(20)21)26-13-15(2)29-16(3)14-26/h5-12,15-16H,4,13-14H2,1-3H3,(H2,23,25,28)/t15-,16+. The van der Waals surface area contributed by atoms with Crippen LogP contribution in [0.15, 0.2) is 48.8 Å². The van der Waals surface area contributed by atoms with Crippen molar-refractivity contribution in [3.8, 4) is 11.3 Å². The minimum absolute atomic E-state index is 0.207. The van der Waals surface area contributed by atoms with Crippen LogP contribution >= 0.6 is 0 Å². The minimum atomic E-state index is -0.207. The molecular weight excluding hydrogens is 366 g/mol. The van der Waals surface area contributed by atoms with Crippen molar-refractivity contribution in [2.45, 2.75) is 33.0 Å². The van der Waals surface area contributed by atoms with E-state index in [1.165, 1.54) is 0 Å². The molecule has 0 radical (unpaired) electrons. The number of aromatic nitrogens is 2. The zero-order chi connectivity index (χ0) is 20.4. The van der Waals surface area contributed by atoms with Gasteiger partial charge < -0.3 is 20.3 Å². The molecule has 2 N–H and O–H groups in total. The van der Waals surface area contributed by atoms with E-state index in [0.29, 0.717) is 6.54 Å². The molecule has 1 aliphatic rings. The number of rotatable bonds is 4. The summed E-state index contributed by atoms with van der Waals surface area (Å²) in [5, 5.41) is 5.60. The van der Waals surface area contributed by atoms with Crippen LogP contribution in [0.5, 0.6) is 0 Å². The largest absolute Gasteiger partial charge is 0.372 e. The van der Waals surface area contributed by atoms with Crippen molar-refractivity contribution in [3.05, 3.63) is 48.8 Å². The summed E-state index contributed by atoms with van der Waals surface area (Å²) in [6.07, 6.45) is 4.35. The summed E-state index contributed by atoms with van der Waals surface area (Å²) in [6.45, 7) is 8.44. The molecule has 7 nitrogen and oxygen atoms in total. The van der Waals surface area contributed by atoms with Crippen LogP contribution in [0.3, 0.4) is 0 Å². The third-order valence-corrected chi connectivity index (χ3v) is 5.04. The Morgan fingerprint density at radius 2 is 2.00 bits per heavy atom. The van der Waals surface area contributed by atoms with Gasteiger partial charge in [0.1, 0.15) is 5.65 Å². The molecule has 29 heavy (non-hydrogen) atoms. The minimum Gasteiger partial charge on any atom is -0.372 e. The fourth-order valence-electron chi connectivity index (χ4n) is 3.86. The second kappa shape index (κ2) is 8.13. The van der Waals surface area contributed by atoms with Crippen LogP contribution < -0.4 is 15.5 Å². The molecule has 3 aromatic rings. The van der Waals surface area contributed by atoms with Gasteiger partial charge >= 0.3 is 6.03 Å². The van der Waals surface area contributed by atoms with Crippen LogP contribution in [0.2, 0.25) is 0 Å². The van der Waals surface area contributed by atoms with Crippen molar-refractivity contribution < 1.29 is 9.53 Å². The fraction of sp³-hybridized carbons (Fsp3) is 0.364. The first kappa shape index (κ1) is 19.3. The lowest BCUT2D eigenvalue weighted by molar-refractivity contribution is -0.00521. The molecule has 1 fully saturated rings. The zero-order valence-corrected chi connectivity index (χ0v) is 17.1.